The molecule has 1 saturated heterocycles. The first-order chi connectivity index (χ1) is 11.5. The van der Waals surface area contributed by atoms with E-state index in [-0.39, 0.29) is 19.2 Å². The Kier molecular flexibility index (Phi) is 6.33. The SMILES string of the molecule is COc1cc(OC)c(NC(=O)OCCON2CCNC2=O)cc1Cl. The van der Waals surface area contributed by atoms with Gasteiger partial charge < -0.3 is 19.5 Å². The van der Waals surface area contributed by atoms with Crippen molar-refractivity contribution in [2.75, 3.05) is 45.8 Å². The lowest BCUT2D eigenvalue weighted by atomic mass is 10.2. The monoisotopic (exact) mass is 359 g/mol. The van der Waals surface area contributed by atoms with E-state index in [9.17, 15) is 9.59 Å². The first-order valence-electron chi connectivity index (χ1n) is 7.08. The Morgan fingerprint density at radius 2 is 2.04 bits per heavy atom. The molecule has 1 aromatic rings. The highest BCUT2D eigenvalue weighted by Gasteiger charge is 2.20. The molecule has 0 atom stereocenters. The van der Waals surface area contributed by atoms with Gasteiger partial charge in [-0.05, 0) is 6.07 Å². The zero-order valence-corrected chi connectivity index (χ0v) is 14.0. The predicted octanol–water partition coefficient (Wildman–Crippen LogP) is 1.86. The summed E-state index contributed by atoms with van der Waals surface area (Å²) in [6.07, 6.45) is -0.705. The summed E-state index contributed by atoms with van der Waals surface area (Å²) in [6.45, 7) is 1.01. The van der Waals surface area contributed by atoms with E-state index in [1.54, 1.807) is 6.07 Å². The lowest BCUT2D eigenvalue weighted by molar-refractivity contribution is -0.113. The van der Waals surface area contributed by atoms with Gasteiger partial charge in [0.15, 0.2) is 0 Å². The van der Waals surface area contributed by atoms with Crippen molar-refractivity contribution in [3.8, 4) is 11.5 Å². The number of nitrogens with one attached hydrogen (secondary N) is 2. The molecule has 1 aliphatic heterocycles. The van der Waals surface area contributed by atoms with E-state index >= 15 is 0 Å². The van der Waals surface area contributed by atoms with Gasteiger partial charge in [0, 0.05) is 12.6 Å². The second-order valence-corrected chi connectivity index (χ2v) is 5.02. The van der Waals surface area contributed by atoms with E-state index < -0.39 is 6.09 Å². The number of carbonyl (C=O) groups excluding carboxylic acids is 2. The number of anilines is 1. The third-order valence-corrected chi connectivity index (χ3v) is 3.39. The third kappa shape index (κ3) is 4.56. The summed E-state index contributed by atoms with van der Waals surface area (Å²) >= 11 is 6.02. The van der Waals surface area contributed by atoms with Crippen LogP contribution >= 0.6 is 11.6 Å². The van der Waals surface area contributed by atoms with Gasteiger partial charge in [0.25, 0.3) is 0 Å². The van der Waals surface area contributed by atoms with Crippen LogP contribution in [0.2, 0.25) is 5.02 Å². The Balaban J connectivity index is 1.81. The summed E-state index contributed by atoms with van der Waals surface area (Å²) in [6, 6.07) is 2.73. The Bertz CT molecular complexity index is 612. The smallest absolute Gasteiger partial charge is 0.411 e. The van der Waals surface area contributed by atoms with Crippen molar-refractivity contribution in [3.63, 3.8) is 0 Å². The molecule has 1 fully saturated rings. The molecule has 132 valence electrons. The number of hydroxylamine groups is 2. The lowest BCUT2D eigenvalue weighted by Gasteiger charge is -2.15. The largest absolute Gasteiger partial charge is 0.495 e. The molecule has 10 heteroatoms. The number of benzene rings is 1. The van der Waals surface area contributed by atoms with Crippen LogP contribution in [-0.2, 0) is 9.57 Å². The number of hydrogen-bond donors (Lipinski definition) is 2. The number of urea groups is 1. The van der Waals surface area contributed by atoms with Gasteiger partial charge in [0.2, 0.25) is 0 Å². The van der Waals surface area contributed by atoms with Crippen molar-refractivity contribution in [1.29, 1.82) is 0 Å². The van der Waals surface area contributed by atoms with Crippen LogP contribution in [-0.4, -0.2) is 57.7 Å². The molecular weight excluding hydrogens is 342 g/mol. The Hall–Kier alpha value is -2.39. The summed E-state index contributed by atoms with van der Waals surface area (Å²) in [5.74, 6) is 0.794. The number of amides is 3. The molecule has 24 heavy (non-hydrogen) atoms. The fraction of sp³-hybridized carbons (Fsp3) is 0.429. The van der Waals surface area contributed by atoms with E-state index in [2.05, 4.69) is 10.6 Å². The molecule has 1 aromatic carbocycles. The van der Waals surface area contributed by atoms with Gasteiger partial charge in [0.05, 0.1) is 31.5 Å². The molecule has 3 amide bonds. The number of carbonyl (C=O) groups is 2. The van der Waals surface area contributed by atoms with Gasteiger partial charge in [-0.15, -0.1) is 0 Å². The summed E-state index contributed by atoms with van der Waals surface area (Å²) < 4.78 is 15.2. The molecule has 1 aliphatic rings. The number of halogens is 1. The van der Waals surface area contributed by atoms with Crippen LogP contribution in [0.4, 0.5) is 15.3 Å². The molecular formula is C14H18ClN3O6. The van der Waals surface area contributed by atoms with E-state index in [1.807, 2.05) is 0 Å². The Morgan fingerprint density at radius 1 is 1.29 bits per heavy atom. The number of nitrogens with zero attached hydrogens (tertiary/aromatic N) is 1. The quantitative estimate of drug-likeness (QED) is 0.721. The fourth-order valence-electron chi connectivity index (χ4n) is 1.96. The van der Waals surface area contributed by atoms with Crippen molar-refractivity contribution in [2.45, 2.75) is 0 Å². The van der Waals surface area contributed by atoms with Gasteiger partial charge in [0.1, 0.15) is 24.7 Å². The molecule has 1 heterocycles. The molecule has 0 aromatic heterocycles. The van der Waals surface area contributed by atoms with E-state index in [0.717, 1.165) is 0 Å². The fourth-order valence-corrected chi connectivity index (χ4v) is 2.20. The molecule has 0 saturated carbocycles. The van der Waals surface area contributed by atoms with Gasteiger partial charge in [-0.25, -0.2) is 14.7 Å². The molecule has 0 spiro atoms. The minimum atomic E-state index is -0.705. The highest BCUT2D eigenvalue weighted by atomic mass is 35.5. The molecule has 0 bridgehead atoms. The summed E-state index contributed by atoms with van der Waals surface area (Å²) in [5, 5.41) is 6.59. The van der Waals surface area contributed by atoms with Crippen molar-refractivity contribution in [1.82, 2.24) is 10.4 Å². The van der Waals surface area contributed by atoms with Crippen LogP contribution in [0, 0.1) is 0 Å². The average Bonchev–Trinajstić information content (AvgIpc) is 2.97. The average molecular weight is 360 g/mol. The molecule has 9 nitrogen and oxygen atoms in total. The van der Waals surface area contributed by atoms with Crippen LogP contribution in [0.15, 0.2) is 12.1 Å². The van der Waals surface area contributed by atoms with Crippen molar-refractivity contribution in [3.05, 3.63) is 17.2 Å². The summed E-state index contributed by atoms with van der Waals surface area (Å²) in [4.78, 5) is 28.2. The first-order valence-corrected chi connectivity index (χ1v) is 7.46. The number of hydrogen-bond acceptors (Lipinski definition) is 6. The van der Waals surface area contributed by atoms with Crippen LogP contribution in [0.5, 0.6) is 11.5 Å². The summed E-state index contributed by atoms with van der Waals surface area (Å²) in [7, 11) is 2.93. The zero-order chi connectivity index (χ0) is 17.5. The van der Waals surface area contributed by atoms with E-state index in [4.69, 9.17) is 30.6 Å². The Labute approximate surface area is 143 Å². The second kappa shape index (κ2) is 8.46. The number of rotatable bonds is 7. The number of ether oxygens (including phenoxy) is 3. The van der Waals surface area contributed by atoms with Crippen molar-refractivity contribution in [2.24, 2.45) is 0 Å². The van der Waals surface area contributed by atoms with Crippen LogP contribution in [0.1, 0.15) is 0 Å². The van der Waals surface area contributed by atoms with Gasteiger partial charge in [-0.1, -0.05) is 11.6 Å². The first kappa shape index (κ1) is 18.0. The Morgan fingerprint density at radius 3 is 2.67 bits per heavy atom. The minimum Gasteiger partial charge on any atom is -0.495 e. The standard InChI is InChI=1S/C14H18ClN3O6/c1-21-11-8-12(22-2)10(7-9(11)15)17-14(20)23-5-6-24-18-4-3-16-13(18)19/h7-8H,3-6H2,1-2H3,(H,16,19)(H,17,20). The highest BCUT2D eigenvalue weighted by molar-refractivity contribution is 6.32. The molecule has 0 aliphatic carbocycles. The van der Waals surface area contributed by atoms with Gasteiger partial charge in [-0.2, -0.15) is 0 Å². The third-order valence-electron chi connectivity index (χ3n) is 3.09. The maximum atomic E-state index is 11.8. The van der Waals surface area contributed by atoms with E-state index in [0.29, 0.717) is 35.3 Å². The van der Waals surface area contributed by atoms with Gasteiger partial charge >= 0.3 is 12.1 Å². The molecule has 2 N–H and O–H groups in total. The number of methoxy groups -OCH3 is 2. The highest BCUT2D eigenvalue weighted by Crippen LogP contribution is 2.35. The maximum Gasteiger partial charge on any atom is 0.411 e. The van der Waals surface area contributed by atoms with Crippen LogP contribution in [0.3, 0.4) is 0 Å². The van der Waals surface area contributed by atoms with Crippen molar-refractivity contribution >= 4 is 29.4 Å². The molecule has 2 rings (SSSR count). The minimum absolute atomic E-state index is 0.0260. The van der Waals surface area contributed by atoms with Crippen molar-refractivity contribution < 1.29 is 28.6 Å². The summed E-state index contributed by atoms with van der Waals surface area (Å²) in [5.41, 5.74) is 0.341. The maximum absolute atomic E-state index is 11.8. The van der Waals surface area contributed by atoms with Gasteiger partial charge in [-0.3, -0.25) is 10.2 Å². The molecule has 0 radical (unpaired) electrons. The topological polar surface area (TPSA) is 98.4 Å². The molecule has 0 unspecified atom stereocenters. The second-order valence-electron chi connectivity index (χ2n) is 4.62. The van der Waals surface area contributed by atoms with E-state index in [1.165, 1.54) is 25.3 Å². The normalized spacial score (nSPS) is 13.5. The lowest BCUT2D eigenvalue weighted by Crippen LogP contribution is -2.30. The van der Waals surface area contributed by atoms with Crippen LogP contribution < -0.4 is 20.1 Å². The van der Waals surface area contributed by atoms with Crippen LogP contribution in [0.25, 0.3) is 0 Å². The zero-order valence-electron chi connectivity index (χ0n) is 13.3. The predicted molar refractivity (Wildman–Crippen MR) is 85.6 cm³/mol.